The predicted octanol–water partition coefficient (Wildman–Crippen LogP) is 2.90. The van der Waals surface area contributed by atoms with Crippen LogP contribution in [0.3, 0.4) is 0 Å². The molecule has 2 amide bonds. The Hall–Kier alpha value is -3.09. The Balaban J connectivity index is 1.52. The molecule has 0 radical (unpaired) electrons. The molecule has 0 saturated heterocycles. The zero-order valence-electron chi connectivity index (χ0n) is 15.7. The second kappa shape index (κ2) is 8.53. The number of hydrogen-bond acceptors (Lipinski definition) is 5. The van der Waals surface area contributed by atoms with Crippen molar-refractivity contribution in [3.05, 3.63) is 48.0 Å². The van der Waals surface area contributed by atoms with Crippen LogP contribution >= 0.6 is 0 Å². The number of rotatable bonds is 6. The van der Waals surface area contributed by atoms with E-state index in [0.717, 1.165) is 11.3 Å². The third-order valence-corrected chi connectivity index (χ3v) is 4.31. The Morgan fingerprint density at radius 3 is 2.70 bits per heavy atom. The number of ether oxygens (including phenoxy) is 4. The first-order valence-electron chi connectivity index (χ1n) is 8.75. The highest BCUT2D eigenvalue weighted by Gasteiger charge is 2.21. The number of amides is 2. The van der Waals surface area contributed by atoms with Crippen molar-refractivity contribution in [3.8, 4) is 23.0 Å². The second-order valence-corrected chi connectivity index (χ2v) is 6.18. The molecule has 0 fully saturated rings. The van der Waals surface area contributed by atoms with E-state index in [-0.39, 0.29) is 18.2 Å². The van der Waals surface area contributed by atoms with Crippen LogP contribution < -0.4 is 29.6 Å². The van der Waals surface area contributed by atoms with E-state index in [0.29, 0.717) is 30.4 Å². The molecule has 2 aromatic carbocycles. The average Bonchev–Trinajstić information content (AvgIpc) is 2.71. The van der Waals surface area contributed by atoms with Gasteiger partial charge in [0.1, 0.15) is 18.1 Å². The molecule has 0 spiro atoms. The Morgan fingerprint density at radius 2 is 1.96 bits per heavy atom. The first-order valence-corrected chi connectivity index (χ1v) is 8.75. The summed E-state index contributed by atoms with van der Waals surface area (Å²) < 4.78 is 22.1. The highest BCUT2D eigenvalue weighted by Crippen LogP contribution is 2.31. The minimum Gasteiger partial charge on any atom is -0.497 e. The molecule has 0 bridgehead atoms. The minimum atomic E-state index is -0.289. The molecule has 2 unspecified atom stereocenters. The summed E-state index contributed by atoms with van der Waals surface area (Å²) in [5.74, 6) is 2.76. The Labute approximate surface area is 158 Å². The van der Waals surface area contributed by atoms with Crippen LogP contribution in [-0.2, 0) is 0 Å². The largest absolute Gasteiger partial charge is 0.497 e. The number of fused-ring (bicyclic) bond motifs is 1. The lowest BCUT2D eigenvalue weighted by molar-refractivity contribution is 0.0917. The summed E-state index contributed by atoms with van der Waals surface area (Å²) in [7, 11) is 3.18. The number of urea groups is 1. The van der Waals surface area contributed by atoms with Gasteiger partial charge in [0.05, 0.1) is 26.8 Å². The Bertz CT molecular complexity index is 796. The fraction of sp³-hybridized carbons (Fsp3) is 0.350. The number of nitrogens with one attached hydrogen (secondary N) is 2. The molecule has 2 atom stereocenters. The minimum absolute atomic E-state index is 0.239. The summed E-state index contributed by atoms with van der Waals surface area (Å²) in [6.07, 6.45) is -0.239. The predicted molar refractivity (Wildman–Crippen MR) is 101 cm³/mol. The number of methoxy groups -OCH3 is 2. The van der Waals surface area contributed by atoms with Gasteiger partial charge in [0.2, 0.25) is 0 Å². The Morgan fingerprint density at radius 1 is 1.19 bits per heavy atom. The maximum atomic E-state index is 12.3. The number of benzene rings is 2. The fourth-order valence-electron chi connectivity index (χ4n) is 2.87. The van der Waals surface area contributed by atoms with Crippen molar-refractivity contribution >= 4 is 6.03 Å². The quantitative estimate of drug-likeness (QED) is 0.815. The van der Waals surface area contributed by atoms with Gasteiger partial charge >= 0.3 is 6.03 Å². The van der Waals surface area contributed by atoms with Crippen LogP contribution in [-0.4, -0.2) is 39.5 Å². The van der Waals surface area contributed by atoms with Gasteiger partial charge in [0.25, 0.3) is 0 Å². The SMILES string of the molecule is COc1ccc(C(C)NC(=O)NCC2COc3ccccc3O2)c(OC)c1. The molecule has 144 valence electrons. The van der Waals surface area contributed by atoms with Crippen LogP contribution in [0.15, 0.2) is 42.5 Å². The van der Waals surface area contributed by atoms with Gasteiger partial charge in [0.15, 0.2) is 17.6 Å². The summed E-state index contributed by atoms with van der Waals surface area (Å²) >= 11 is 0. The molecule has 7 heteroatoms. The normalized spacial score (nSPS) is 16.2. The van der Waals surface area contributed by atoms with E-state index < -0.39 is 0 Å². The van der Waals surface area contributed by atoms with Gasteiger partial charge in [0, 0.05) is 11.6 Å². The van der Waals surface area contributed by atoms with Gasteiger partial charge in [-0.15, -0.1) is 0 Å². The maximum Gasteiger partial charge on any atom is 0.315 e. The maximum absolute atomic E-state index is 12.3. The van der Waals surface area contributed by atoms with Gasteiger partial charge in [-0.25, -0.2) is 4.79 Å². The smallest absolute Gasteiger partial charge is 0.315 e. The molecule has 3 rings (SSSR count). The van der Waals surface area contributed by atoms with E-state index in [2.05, 4.69) is 10.6 Å². The molecule has 0 saturated carbocycles. The molecule has 0 aromatic heterocycles. The van der Waals surface area contributed by atoms with E-state index in [4.69, 9.17) is 18.9 Å². The number of hydrogen-bond donors (Lipinski definition) is 2. The number of carbonyl (C=O) groups excluding carboxylic acids is 1. The number of para-hydroxylation sites is 2. The van der Waals surface area contributed by atoms with E-state index in [1.165, 1.54) is 0 Å². The standard InChI is InChI=1S/C20H24N2O5/c1-13(16-9-8-14(24-2)10-19(16)25-3)22-20(23)21-11-15-12-26-17-6-4-5-7-18(17)27-15/h4-10,13,15H,11-12H2,1-3H3,(H2,21,22,23). The zero-order chi connectivity index (χ0) is 19.2. The van der Waals surface area contributed by atoms with Gasteiger partial charge in [-0.3, -0.25) is 0 Å². The summed E-state index contributed by atoms with van der Waals surface area (Å²) in [5.41, 5.74) is 0.861. The van der Waals surface area contributed by atoms with E-state index >= 15 is 0 Å². The van der Waals surface area contributed by atoms with E-state index in [9.17, 15) is 4.79 Å². The fourth-order valence-corrected chi connectivity index (χ4v) is 2.87. The highest BCUT2D eigenvalue weighted by atomic mass is 16.6. The van der Waals surface area contributed by atoms with Crippen molar-refractivity contribution in [1.29, 1.82) is 0 Å². The molecular weight excluding hydrogens is 348 g/mol. The van der Waals surface area contributed by atoms with Crippen molar-refractivity contribution in [2.45, 2.75) is 19.1 Å². The van der Waals surface area contributed by atoms with Crippen molar-refractivity contribution in [1.82, 2.24) is 10.6 Å². The third kappa shape index (κ3) is 4.55. The lowest BCUT2D eigenvalue weighted by Crippen LogP contribution is -2.45. The van der Waals surface area contributed by atoms with Gasteiger partial charge in [-0.1, -0.05) is 12.1 Å². The van der Waals surface area contributed by atoms with Crippen molar-refractivity contribution in [2.24, 2.45) is 0 Å². The highest BCUT2D eigenvalue weighted by molar-refractivity contribution is 5.74. The topological polar surface area (TPSA) is 78.1 Å². The summed E-state index contributed by atoms with van der Waals surface area (Å²) in [5, 5.41) is 5.72. The third-order valence-electron chi connectivity index (χ3n) is 4.31. The molecular formula is C20H24N2O5. The number of carbonyl (C=O) groups is 1. The monoisotopic (exact) mass is 372 g/mol. The van der Waals surface area contributed by atoms with Gasteiger partial charge in [-0.2, -0.15) is 0 Å². The molecule has 1 aliphatic heterocycles. The van der Waals surface area contributed by atoms with Gasteiger partial charge < -0.3 is 29.6 Å². The van der Waals surface area contributed by atoms with E-state index in [1.54, 1.807) is 20.3 Å². The molecule has 0 aliphatic carbocycles. The summed E-state index contributed by atoms with van der Waals surface area (Å²) in [6, 6.07) is 12.4. The van der Waals surface area contributed by atoms with Crippen LogP contribution in [0.2, 0.25) is 0 Å². The first kappa shape index (κ1) is 18.7. The molecule has 1 aliphatic rings. The molecule has 27 heavy (non-hydrogen) atoms. The summed E-state index contributed by atoms with van der Waals surface area (Å²) in [4.78, 5) is 12.3. The molecule has 2 N–H and O–H groups in total. The Kier molecular flexibility index (Phi) is 5.90. The van der Waals surface area contributed by atoms with Crippen LogP contribution in [0.5, 0.6) is 23.0 Å². The van der Waals surface area contributed by atoms with Crippen LogP contribution in [0.1, 0.15) is 18.5 Å². The van der Waals surface area contributed by atoms with Crippen molar-refractivity contribution < 1.29 is 23.7 Å². The molecule has 1 heterocycles. The van der Waals surface area contributed by atoms with E-state index in [1.807, 2.05) is 43.3 Å². The van der Waals surface area contributed by atoms with Crippen molar-refractivity contribution in [2.75, 3.05) is 27.4 Å². The zero-order valence-corrected chi connectivity index (χ0v) is 15.7. The van der Waals surface area contributed by atoms with Crippen LogP contribution in [0, 0.1) is 0 Å². The average molecular weight is 372 g/mol. The lowest BCUT2D eigenvalue weighted by Gasteiger charge is -2.27. The first-order chi connectivity index (χ1) is 13.1. The molecule has 7 nitrogen and oxygen atoms in total. The van der Waals surface area contributed by atoms with Crippen LogP contribution in [0.25, 0.3) is 0 Å². The summed E-state index contributed by atoms with van der Waals surface area (Å²) in [6.45, 7) is 2.62. The lowest BCUT2D eigenvalue weighted by atomic mass is 10.1. The second-order valence-electron chi connectivity index (χ2n) is 6.18. The molecule has 2 aromatic rings. The van der Waals surface area contributed by atoms with Crippen molar-refractivity contribution in [3.63, 3.8) is 0 Å². The van der Waals surface area contributed by atoms with Crippen LogP contribution in [0.4, 0.5) is 4.79 Å². The van der Waals surface area contributed by atoms with Gasteiger partial charge in [-0.05, 0) is 31.2 Å².